The summed E-state index contributed by atoms with van der Waals surface area (Å²) in [6.07, 6.45) is 0.509. The van der Waals surface area contributed by atoms with Crippen LogP contribution in [0, 0.1) is 7.14 Å². The Morgan fingerprint density at radius 3 is 2.10 bits per heavy atom. The van der Waals surface area contributed by atoms with Crippen molar-refractivity contribution in [3.05, 3.63) is 49.1 Å². The summed E-state index contributed by atoms with van der Waals surface area (Å²) in [6, 6.07) is 11.1. The zero-order chi connectivity index (χ0) is 15.4. The van der Waals surface area contributed by atoms with Crippen LogP contribution in [0.2, 0.25) is 0 Å². The molecule has 2 aromatic rings. The quantitative estimate of drug-likeness (QED) is 0.407. The molecule has 0 amide bonds. The van der Waals surface area contributed by atoms with Gasteiger partial charge in [-0.05, 0) is 81.6 Å². The molecule has 21 heavy (non-hydrogen) atoms. The Morgan fingerprint density at radius 2 is 1.62 bits per heavy atom. The van der Waals surface area contributed by atoms with Gasteiger partial charge in [-0.3, -0.25) is 4.79 Å². The van der Waals surface area contributed by atoms with E-state index in [0.29, 0.717) is 17.7 Å². The first kappa shape index (κ1) is 16.5. The summed E-state index contributed by atoms with van der Waals surface area (Å²) >= 11 is 4.44. The molecular formula is C16H14I2O3. The lowest BCUT2D eigenvalue weighted by Gasteiger charge is -2.11. The normalized spacial score (nSPS) is 10.3. The third kappa shape index (κ3) is 4.09. The molecule has 0 radical (unpaired) electrons. The Labute approximate surface area is 151 Å². The van der Waals surface area contributed by atoms with E-state index in [9.17, 15) is 4.79 Å². The maximum absolute atomic E-state index is 11.6. The van der Waals surface area contributed by atoms with E-state index in [2.05, 4.69) is 45.2 Å². The molecule has 0 heterocycles. The Hall–Kier alpha value is -0.830. The molecule has 0 saturated heterocycles. The summed E-state index contributed by atoms with van der Waals surface area (Å²) in [5.41, 5.74) is 0.712. The average Bonchev–Trinajstić information content (AvgIpc) is 2.47. The van der Waals surface area contributed by atoms with Crippen LogP contribution in [0.4, 0.5) is 0 Å². The Morgan fingerprint density at radius 1 is 1.05 bits per heavy atom. The number of ketones is 1. The van der Waals surface area contributed by atoms with Crippen LogP contribution in [-0.4, -0.2) is 12.9 Å². The predicted molar refractivity (Wildman–Crippen MR) is 99.6 cm³/mol. The highest BCUT2D eigenvalue weighted by atomic mass is 127. The van der Waals surface area contributed by atoms with Crippen LogP contribution in [0.25, 0.3) is 0 Å². The van der Waals surface area contributed by atoms with Crippen LogP contribution in [0.1, 0.15) is 23.7 Å². The van der Waals surface area contributed by atoms with Crippen molar-refractivity contribution in [1.82, 2.24) is 0 Å². The average molecular weight is 508 g/mol. The van der Waals surface area contributed by atoms with E-state index < -0.39 is 0 Å². The fourth-order valence-electron chi connectivity index (χ4n) is 1.84. The number of Topliss-reactive ketones (excluding diaryl/α,β-unsaturated/α-hetero) is 1. The standard InChI is InChI=1S/C16H14I2O3/c1-3-15(19)10-4-6-11(7-5-10)21-12-8-13(17)16(20-2)14(18)9-12/h4-9H,3H2,1-2H3. The Kier molecular flexibility index (Phi) is 5.86. The second kappa shape index (κ2) is 7.44. The van der Waals surface area contributed by atoms with Gasteiger partial charge in [0.2, 0.25) is 0 Å². The van der Waals surface area contributed by atoms with Crippen LogP contribution in [0.5, 0.6) is 17.2 Å². The molecule has 0 aliphatic rings. The van der Waals surface area contributed by atoms with E-state index in [1.54, 1.807) is 19.2 Å². The van der Waals surface area contributed by atoms with Gasteiger partial charge in [-0.2, -0.15) is 0 Å². The molecule has 0 bridgehead atoms. The van der Waals surface area contributed by atoms with E-state index >= 15 is 0 Å². The molecule has 2 aromatic carbocycles. The van der Waals surface area contributed by atoms with Gasteiger partial charge < -0.3 is 9.47 Å². The topological polar surface area (TPSA) is 35.5 Å². The van der Waals surface area contributed by atoms with Crippen molar-refractivity contribution >= 4 is 51.0 Å². The maximum Gasteiger partial charge on any atom is 0.162 e. The minimum atomic E-state index is 0.134. The minimum Gasteiger partial charge on any atom is -0.495 e. The Balaban J connectivity index is 2.20. The first-order valence-electron chi connectivity index (χ1n) is 6.39. The van der Waals surface area contributed by atoms with Gasteiger partial charge in [0, 0.05) is 12.0 Å². The monoisotopic (exact) mass is 508 g/mol. The molecule has 0 aliphatic heterocycles. The van der Waals surface area contributed by atoms with Gasteiger partial charge in [-0.25, -0.2) is 0 Å². The summed E-state index contributed by atoms with van der Waals surface area (Å²) in [6.45, 7) is 1.86. The van der Waals surface area contributed by atoms with E-state index in [-0.39, 0.29) is 5.78 Å². The zero-order valence-corrected chi connectivity index (χ0v) is 16.0. The summed E-state index contributed by atoms with van der Waals surface area (Å²) in [5.74, 6) is 2.45. The van der Waals surface area contributed by atoms with E-state index in [4.69, 9.17) is 9.47 Å². The molecule has 0 saturated carbocycles. The highest BCUT2D eigenvalue weighted by Gasteiger charge is 2.09. The molecule has 0 aromatic heterocycles. The number of hydrogen-bond donors (Lipinski definition) is 0. The first-order chi connectivity index (χ1) is 10.0. The van der Waals surface area contributed by atoms with Crippen molar-refractivity contribution in [3.63, 3.8) is 0 Å². The molecule has 2 rings (SSSR count). The van der Waals surface area contributed by atoms with Crippen molar-refractivity contribution in [2.24, 2.45) is 0 Å². The van der Waals surface area contributed by atoms with Crippen molar-refractivity contribution in [2.45, 2.75) is 13.3 Å². The smallest absolute Gasteiger partial charge is 0.162 e. The van der Waals surface area contributed by atoms with Crippen LogP contribution < -0.4 is 9.47 Å². The molecule has 0 unspecified atom stereocenters. The molecule has 3 nitrogen and oxygen atoms in total. The van der Waals surface area contributed by atoms with E-state index in [1.165, 1.54) is 0 Å². The number of ether oxygens (including phenoxy) is 2. The van der Waals surface area contributed by atoms with Gasteiger partial charge in [0.1, 0.15) is 17.2 Å². The van der Waals surface area contributed by atoms with Crippen LogP contribution in [0.15, 0.2) is 36.4 Å². The summed E-state index contributed by atoms with van der Waals surface area (Å²) in [5, 5.41) is 0. The molecule has 0 aliphatic carbocycles. The van der Waals surface area contributed by atoms with Crippen molar-refractivity contribution < 1.29 is 14.3 Å². The SMILES string of the molecule is CCC(=O)c1ccc(Oc2cc(I)c(OC)c(I)c2)cc1. The predicted octanol–water partition coefficient (Wildman–Crippen LogP) is 5.29. The van der Waals surface area contributed by atoms with Gasteiger partial charge in [-0.1, -0.05) is 6.92 Å². The first-order valence-corrected chi connectivity index (χ1v) is 8.55. The highest BCUT2D eigenvalue weighted by molar-refractivity contribution is 14.1. The van der Waals surface area contributed by atoms with Crippen LogP contribution >= 0.6 is 45.2 Å². The minimum absolute atomic E-state index is 0.134. The van der Waals surface area contributed by atoms with Crippen molar-refractivity contribution in [1.29, 1.82) is 0 Å². The van der Waals surface area contributed by atoms with Gasteiger partial charge in [0.25, 0.3) is 0 Å². The summed E-state index contributed by atoms with van der Waals surface area (Å²) in [7, 11) is 1.66. The third-order valence-electron chi connectivity index (χ3n) is 2.91. The fourth-order valence-corrected chi connectivity index (χ4v) is 3.99. The number of halogens is 2. The number of hydrogen-bond acceptors (Lipinski definition) is 3. The largest absolute Gasteiger partial charge is 0.495 e. The second-order valence-electron chi connectivity index (χ2n) is 4.32. The lowest BCUT2D eigenvalue weighted by atomic mass is 10.1. The number of methoxy groups -OCH3 is 1. The fraction of sp³-hybridized carbons (Fsp3) is 0.188. The van der Waals surface area contributed by atoms with Crippen molar-refractivity contribution in [3.8, 4) is 17.2 Å². The van der Waals surface area contributed by atoms with E-state index in [1.807, 2.05) is 31.2 Å². The van der Waals surface area contributed by atoms with Gasteiger partial charge in [0.15, 0.2) is 5.78 Å². The lowest BCUT2D eigenvalue weighted by Crippen LogP contribution is -1.96. The van der Waals surface area contributed by atoms with Crippen LogP contribution in [-0.2, 0) is 0 Å². The molecule has 0 fully saturated rings. The van der Waals surface area contributed by atoms with Crippen LogP contribution in [0.3, 0.4) is 0 Å². The molecule has 110 valence electrons. The molecular weight excluding hydrogens is 494 g/mol. The molecule has 0 atom stereocenters. The van der Waals surface area contributed by atoms with E-state index in [0.717, 1.165) is 18.6 Å². The summed E-state index contributed by atoms with van der Waals surface area (Å²) in [4.78, 5) is 11.6. The number of rotatable bonds is 5. The zero-order valence-electron chi connectivity index (χ0n) is 11.7. The van der Waals surface area contributed by atoms with Crippen molar-refractivity contribution in [2.75, 3.05) is 7.11 Å². The van der Waals surface area contributed by atoms with Gasteiger partial charge in [-0.15, -0.1) is 0 Å². The molecule has 0 N–H and O–H groups in total. The maximum atomic E-state index is 11.6. The number of carbonyl (C=O) groups is 1. The summed E-state index contributed by atoms with van der Waals surface area (Å²) < 4.78 is 13.1. The van der Waals surface area contributed by atoms with Gasteiger partial charge >= 0.3 is 0 Å². The highest BCUT2D eigenvalue weighted by Crippen LogP contribution is 2.33. The lowest BCUT2D eigenvalue weighted by molar-refractivity contribution is 0.0988. The number of benzene rings is 2. The molecule has 0 spiro atoms. The third-order valence-corrected chi connectivity index (χ3v) is 4.51. The Bertz CT molecular complexity index is 628. The second-order valence-corrected chi connectivity index (χ2v) is 6.65. The number of carbonyl (C=O) groups excluding carboxylic acids is 1. The van der Waals surface area contributed by atoms with Gasteiger partial charge in [0.05, 0.1) is 14.3 Å². The molecule has 5 heteroatoms.